The third kappa shape index (κ3) is 5.88. The summed E-state index contributed by atoms with van der Waals surface area (Å²) in [7, 11) is 0. The van der Waals surface area contributed by atoms with Crippen LogP contribution in [0.5, 0.6) is 0 Å². The van der Waals surface area contributed by atoms with Crippen molar-refractivity contribution in [2.75, 3.05) is 0 Å². The van der Waals surface area contributed by atoms with Crippen molar-refractivity contribution in [2.45, 2.75) is 6.92 Å². The fourth-order valence-corrected chi connectivity index (χ4v) is 0.628. The van der Waals surface area contributed by atoms with Crippen LogP contribution < -0.4 is 0 Å². The molecule has 12 heavy (non-hydrogen) atoms. The third-order valence-corrected chi connectivity index (χ3v) is 1.18. The predicted octanol–water partition coefficient (Wildman–Crippen LogP) is 3.56. The first-order chi connectivity index (χ1) is 5.74. The molecule has 1 nitrogen and oxygen atoms in total. The number of nitrogens with zero attached hydrogens (tertiary/aromatic N) is 1. The average Bonchev–Trinajstić information content (AvgIpc) is 2.07. The summed E-state index contributed by atoms with van der Waals surface area (Å²) in [5, 5.41) is 8.38. The van der Waals surface area contributed by atoms with Gasteiger partial charge in [0, 0.05) is 0 Å². The van der Waals surface area contributed by atoms with E-state index >= 15 is 0 Å². The van der Waals surface area contributed by atoms with E-state index in [9.17, 15) is 0 Å². The molecule has 4 heteroatoms. The second kappa shape index (κ2) is 7.92. The molecule has 0 unspecified atom stereocenters. The zero-order valence-corrected chi connectivity index (χ0v) is 12.9. The Bertz CT molecular complexity index is 253. The van der Waals surface area contributed by atoms with Gasteiger partial charge >= 0.3 is 40.5 Å². The Kier molecular flexibility index (Phi) is 8.11. The molecule has 0 fully saturated rings. The van der Waals surface area contributed by atoms with Crippen LogP contribution in [0.25, 0.3) is 0 Å². The Labute approximate surface area is 93.5 Å². The van der Waals surface area contributed by atoms with Crippen LogP contribution in [0.2, 0.25) is 0 Å². The monoisotopic (exact) mass is 339 g/mol. The number of benzene rings is 1. The second-order valence-corrected chi connectivity index (χ2v) is 16.1. The van der Waals surface area contributed by atoms with Gasteiger partial charge < -0.3 is 0 Å². The summed E-state index contributed by atoms with van der Waals surface area (Å²) in [6.07, 6.45) is 0. The number of halogens is 2. The maximum atomic E-state index is 8.38. The summed E-state index contributed by atoms with van der Waals surface area (Å²) >= 11 is 6.25. The molecule has 0 aliphatic carbocycles. The SMILES string of the molecule is Cc1ccc(C#N)cc1.[Br][Zn][Br]. The summed E-state index contributed by atoms with van der Waals surface area (Å²) in [5.41, 5.74) is 1.91. The van der Waals surface area contributed by atoms with Gasteiger partial charge in [0.05, 0.1) is 11.6 Å². The van der Waals surface area contributed by atoms with Crippen molar-refractivity contribution in [1.29, 1.82) is 5.26 Å². The van der Waals surface area contributed by atoms with Gasteiger partial charge in [0.1, 0.15) is 0 Å². The third-order valence-electron chi connectivity index (χ3n) is 1.18. The van der Waals surface area contributed by atoms with Crippen LogP contribution in [0.1, 0.15) is 11.1 Å². The first-order valence-electron chi connectivity index (χ1n) is 3.33. The van der Waals surface area contributed by atoms with Crippen LogP contribution >= 0.6 is 27.2 Å². The van der Waals surface area contributed by atoms with Crippen molar-refractivity contribution >= 4 is 27.2 Å². The fraction of sp³-hybridized carbons (Fsp3) is 0.125. The normalized spacial score (nSPS) is 7.17. The number of aryl methyl sites for hydroxylation is 1. The molecule has 0 aliphatic rings. The molecule has 0 aromatic heterocycles. The number of rotatable bonds is 0. The Hall–Kier alpha value is 0.293. The van der Waals surface area contributed by atoms with Crippen LogP contribution in [0, 0.1) is 18.3 Å². The van der Waals surface area contributed by atoms with Gasteiger partial charge in [0.15, 0.2) is 0 Å². The zero-order valence-electron chi connectivity index (χ0n) is 6.72. The summed E-state index contributed by atoms with van der Waals surface area (Å²) in [5.74, 6) is 0. The van der Waals surface area contributed by atoms with Gasteiger partial charge in [-0.1, -0.05) is 17.7 Å². The van der Waals surface area contributed by atoms with Crippen LogP contribution in [-0.2, 0) is 13.2 Å². The molecule has 1 rings (SSSR count). The van der Waals surface area contributed by atoms with Crippen molar-refractivity contribution in [3.8, 4) is 6.07 Å². The average molecular weight is 342 g/mol. The number of nitriles is 1. The summed E-state index contributed by atoms with van der Waals surface area (Å²) < 4.78 is 0. The Morgan fingerprint density at radius 1 is 1.25 bits per heavy atom. The Morgan fingerprint density at radius 3 is 2.00 bits per heavy atom. The summed E-state index contributed by atoms with van der Waals surface area (Å²) in [4.78, 5) is 0. The topological polar surface area (TPSA) is 23.8 Å². The first-order valence-corrected chi connectivity index (χ1v) is 17.2. The van der Waals surface area contributed by atoms with Gasteiger partial charge in [0.25, 0.3) is 0 Å². The molecule has 0 heterocycles. The van der Waals surface area contributed by atoms with Crippen LogP contribution in [0.3, 0.4) is 0 Å². The first kappa shape index (κ1) is 12.3. The van der Waals surface area contributed by atoms with Crippen molar-refractivity contribution < 1.29 is 13.2 Å². The van der Waals surface area contributed by atoms with Crippen molar-refractivity contribution in [2.24, 2.45) is 0 Å². The fourth-order valence-electron chi connectivity index (χ4n) is 0.628. The van der Waals surface area contributed by atoms with E-state index in [1.807, 2.05) is 31.2 Å². The molecule has 0 bridgehead atoms. The number of hydrogen-bond acceptors (Lipinski definition) is 1. The van der Waals surface area contributed by atoms with Crippen LogP contribution in [-0.4, -0.2) is 0 Å². The summed E-state index contributed by atoms with van der Waals surface area (Å²) in [6, 6.07) is 9.54. The van der Waals surface area contributed by atoms with Crippen LogP contribution in [0.4, 0.5) is 0 Å². The number of hydrogen-bond donors (Lipinski definition) is 0. The summed E-state index contributed by atoms with van der Waals surface area (Å²) in [6.45, 7) is 2.00. The standard InChI is InChI=1S/C8H7N.2BrH.Zn/c1-7-2-4-8(6-9)5-3-7;;;/h2-5H,1H3;2*1H;/q;;;+2/p-2. The van der Waals surface area contributed by atoms with E-state index in [2.05, 4.69) is 33.3 Å². The zero-order chi connectivity index (χ0) is 9.40. The molecule has 0 spiro atoms. The molecule has 0 N–H and O–H groups in total. The van der Waals surface area contributed by atoms with Crippen molar-refractivity contribution in [1.82, 2.24) is 0 Å². The molecule has 1 aromatic carbocycles. The maximum absolute atomic E-state index is 8.38. The molecule has 0 saturated carbocycles. The van der Waals surface area contributed by atoms with E-state index in [1.54, 1.807) is 0 Å². The van der Waals surface area contributed by atoms with E-state index in [4.69, 9.17) is 5.26 Å². The van der Waals surface area contributed by atoms with Gasteiger partial charge in [-0.05, 0) is 19.1 Å². The Morgan fingerprint density at radius 2 is 1.67 bits per heavy atom. The Balaban J connectivity index is 0.000000354. The molecule has 0 amide bonds. The van der Waals surface area contributed by atoms with Gasteiger partial charge in [-0.3, -0.25) is 0 Å². The molecule has 0 radical (unpaired) electrons. The molecule has 60 valence electrons. The van der Waals surface area contributed by atoms with Crippen LogP contribution in [0.15, 0.2) is 24.3 Å². The quantitative estimate of drug-likeness (QED) is 0.662. The van der Waals surface area contributed by atoms with E-state index in [0.717, 1.165) is 5.56 Å². The minimum absolute atomic E-state index is 0.250. The molecule has 1 aromatic rings. The van der Waals surface area contributed by atoms with E-state index in [1.165, 1.54) is 5.56 Å². The van der Waals surface area contributed by atoms with E-state index in [0.29, 0.717) is 0 Å². The van der Waals surface area contributed by atoms with Gasteiger partial charge in [0.2, 0.25) is 0 Å². The van der Waals surface area contributed by atoms with Gasteiger partial charge in [-0.25, -0.2) is 0 Å². The molecular formula is C8H7Br2NZn. The van der Waals surface area contributed by atoms with Crippen molar-refractivity contribution in [3.63, 3.8) is 0 Å². The predicted molar refractivity (Wildman–Crippen MR) is 53.7 cm³/mol. The molecular weight excluding hydrogens is 335 g/mol. The molecule has 0 aliphatic heterocycles. The van der Waals surface area contributed by atoms with Gasteiger partial charge in [-0.15, -0.1) is 0 Å². The van der Waals surface area contributed by atoms with E-state index < -0.39 is 0 Å². The minimum atomic E-state index is -0.250. The second-order valence-electron chi connectivity index (χ2n) is 2.08. The van der Waals surface area contributed by atoms with Crippen molar-refractivity contribution in [3.05, 3.63) is 35.4 Å². The van der Waals surface area contributed by atoms with Gasteiger partial charge in [-0.2, -0.15) is 5.26 Å². The van der Waals surface area contributed by atoms with E-state index in [-0.39, 0.29) is 13.2 Å². The molecule has 0 atom stereocenters. The molecule has 0 saturated heterocycles.